The van der Waals surface area contributed by atoms with Crippen LogP contribution in [0.15, 0.2) is 81.8 Å². The number of benzene rings is 1. The van der Waals surface area contributed by atoms with Crippen molar-refractivity contribution in [1.82, 2.24) is 20.2 Å². The zero-order valence-corrected chi connectivity index (χ0v) is 25.9. The number of nitrogens with zero attached hydrogens (tertiary/aromatic N) is 3. The van der Waals surface area contributed by atoms with Gasteiger partial charge in [-0.1, -0.05) is 42.2 Å². The van der Waals surface area contributed by atoms with Crippen LogP contribution in [0, 0.1) is 18.6 Å². The Hall–Kier alpha value is -3.49. The molecular weight excluding hydrogens is 607 g/mol. The Balaban J connectivity index is 1.43. The number of anilines is 1. The summed E-state index contributed by atoms with van der Waals surface area (Å²) >= 11 is 2.24. The number of hydrogen-bond acceptors (Lipinski definition) is 10. The van der Waals surface area contributed by atoms with Crippen molar-refractivity contribution >= 4 is 35.2 Å². The number of rotatable bonds is 13. The minimum absolute atomic E-state index is 0.167. The number of likely N-dealkylation sites (tertiary alicyclic amines) is 1. The summed E-state index contributed by atoms with van der Waals surface area (Å²) in [5.41, 5.74) is 6.81. The van der Waals surface area contributed by atoms with Crippen molar-refractivity contribution in [1.29, 1.82) is 0 Å². The Morgan fingerprint density at radius 3 is 2.55 bits per heavy atom. The van der Waals surface area contributed by atoms with Gasteiger partial charge in [0.1, 0.15) is 11.6 Å². The molecule has 0 unspecified atom stereocenters. The zero-order valence-electron chi connectivity index (χ0n) is 24.3. The number of halogens is 2. The lowest BCUT2D eigenvalue weighted by Crippen LogP contribution is -2.50. The van der Waals surface area contributed by atoms with E-state index in [0.717, 1.165) is 22.9 Å². The average molecular weight is 643 g/mol. The first-order valence-corrected chi connectivity index (χ1v) is 15.6. The van der Waals surface area contributed by atoms with E-state index in [4.69, 9.17) is 5.73 Å². The molecule has 1 atom stereocenters. The number of thioether (sulfide) groups is 2. The third-order valence-electron chi connectivity index (χ3n) is 7.36. The number of carbonyl (C=O) groups is 1. The first-order valence-electron chi connectivity index (χ1n) is 14.0. The molecule has 0 saturated carbocycles. The van der Waals surface area contributed by atoms with Crippen LogP contribution in [-0.2, 0) is 5.41 Å². The predicted molar refractivity (Wildman–Crippen MR) is 171 cm³/mol. The molecule has 234 valence electrons. The maximum absolute atomic E-state index is 15.6. The van der Waals surface area contributed by atoms with Gasteiger partial charge in [-0.3, -0.25) is 4.79 Å². The van der Waals surface area contributed by atoms with E-state index >= 15 is 4.39 Å². The van der Waals surface area contributed by atoms with Crippen molar-refractivity contribution in [2.24, 2.45) is 5.73 Å². The van der Waals surface area contributed by atoms with Gasteiger partial charge in [0, 0.05) is 37.1 Å². The Morgan fingerprint density at radius 1 is 1.18 bits per heavy atom. The first-order chi connectivity index (χ1) is 21.1. The van der Waals surface area contributed by atoms with Crippen LogP contribution < -0.4 is 16.4 Å². The number of aliphatic hydroxyl groups is 2. The summed E-state index contributed by atoms with van der Waals surface area (Å²) in [6.45, 7) is 7.29. The second-order valence-electron chi connectivity index (χ2n) is 10.5. The highest BCUT2D eigenvalue weighted by Crippen LogP contribution is 2.39. The van der Waals surface area contributed by atoms with Gasteiger partial charge in [-0.15, -0.1) is 0 Å². The van der Waals surface area contributed by atoms with Crippen LogP contribution in [0.2, 0.25) is 0 Å². The molecule has 2 aromatic heterocycles. The van der Waals surface area contributed by atoms with Crippen molar-refractivity contribution < 1.29 is 23.8 Å². The minimum atomic E-state index is -0.847. The molecule has 1 amide bonds. The van der Waals surface area contributed by atoms with Crippen LogP contribution in [0.3, 0.4) is 0 Å². The number of aryl methyl sites for hydroxylation is 1. The number of hydrogen-bond donors (Lipinski definition) is 5. The summed E-state index contributed by atoms with van der Waals surface area (Å²) in [5, 5.41) is 25.6. The largest absolute Gasteiger partial charge is 0.403 e. The normalized spacial score (nSPS) is 15.9. The molecule has 1 saturated heterocycles. The number of carbonyl (C=O) groups excluding carboxylic acids is 1. The molecule has 6 N–H and O–H groups in total. The summed E-state index contributed by atoms with van der Waals surface area (Å²) in [6.07, 6.45) is 4.73. The molecule has 0 aliphatic carbocycles. The lowest BCUT2D eigenvalue weighted by Gasteiger charge is -2.43. The van der Waals surface area contributed by atoms with Gasteiger partial charge in [-0.25, -0.2) is 18.7 Å². The molecule has 0 spiro atoms. The molecule has 1 aliphatic heterocycles. The number of piperidine rings is 1. The Labute approximate surface area is 264 Å². The van der Waals surface area contributed by atoms with E-state index < -0.39 is 23.2 Å². The summed E-state index contributed by atoms with van der Waals surface area (Å²) in [6, 6.07) is 11.4. The lowest BCUT2D eigenvalue weighted by molar-refractivity contribution is 0.0430. The summed E-state index contributed by atoms with van der Waals surface area (Å²) < 4.78 is 29.9. The number of nitrogens with two attached hydrogens (primary N) is 1. The van der Waals surface area contributed by atoms with E-state index in [1.807, 2.05) is 24.0 Å². The Kier molecular flexibility index (Phi) is 11.8. The van der Waals surface area contributed by atoms with Gasteiger partial charge in [0.25, 0.3) is 5.91 Å². The summed E-state index contributed by atoms with van der Waals surface area (Å²) in [4.78, 5) is 23.7. The molecule has 0 radical (unpaired) electrons. The lowest BCUT2D eigenvalue weighted by atomic mass is 9.72. The van der Waals surface area contributed by atoms with Gasteiger partial charge in [-0.05, 0) is 74.3 Å². The van der Waals surface area contributed by atoms with Crippen LogP contribution in [0.5, 0.6) is 0 Å². The third kappa shape index (κ3) is 8.79. The maximum Gasteiger partial charge on any atom is 0.273 e. The number of pyridine rings is 2. The maximum atomic E-state index is 15.6. The van der Waals surface area contributed by atoms with Crippen LogP contribution in [0.1, 0.15) is 34.5 Å². The fourth-order valence-electron chi connectivity index (χ4n) is 4.98. The highest BCUT2D eigenvalue weighted by atomic mass is 32.2. The molecule has 4 rings (SSSR count). The van der Waals surface area contributed by atoms with E-state index in [-0.39, 0.29) is 29.6 Å². The smallest absolute Gasteiger partial charge is 0.273 e. The second kappa shape index (κ2) is 15.5. The standard InChI is InChI=1S/C31H36F2N6O3S2/c1-20-7-11-35-26(15-20)38-21(2)43-27(16-34)44-25-8-12-36-29(28(25)33)30(42)37-19-31(22-3-5-23(32)6-4-22)9-13-39(14-10-31)17-24(41)18-40/h3-8,11-12,15-16,24,40-41H,2,9-10,13-14,17-19,34H2,1H3,(H,35,38)(H,37,42)/b27-16+/t24-/m0/s1. The van der Waals surface area contributed by atoms with Gasteiger partial charge >= 0.3 is 0 Å². The minimum Gasteiger partial charge on any atom is -0.403 e. The van der Waals surface area contributed by atoms with E-state index in [1.165, 1.54) is 42.4 Å². The summed E-state index contributed by atoms with van der Waals surface area (Å²) in [7, 11) is 0. The zero-order chi connectivity index (χ0) is 31.7. The van der Waals surface area contributed by atoms with Gasteiger partial charge in [0.15, 0.2) is 11.5 Å². The van der Waals surface area contributed by atoms with E-state index in [1.54, 1.807) is 18.3 Å². The van der Waals surface area contributed by atoms with E-state index in [0.29, 0.717) is 47.6 Å². The van der Waals surface area contributed by atoms with Crippen molar-refractivity contribution in [3.63, 3.8) is 0 Å². The number of aliphatic hydroxyl groups excluding tert-OH is 2. The Bertz CT molecular complexity index is 1480. The molecular formula is C31H36F2N6O3S2. The molecule has 3 aromatic rings. The van der Waals surface area contributed by atoms with Gasteiger partial charge < -0.3 is 31.5 Å². The molecule has 1 aliphatic rings. The van der Waals surface area contributed by atoms with Crippen molar-refractivity contribution in [3.8, 4) is 0 Å². The molecule has 13 heteroatoms. The van der Waals surface area contributed by atoms with E-state index in [9.17, 15) is 19.4 Å². The number of nitrogens with one attached hydrogen (secondary N) is 2. The molecule has 3 heterocycles. The number of aromatic nitrogens is 2. The first kappa shape index (κ1) is 33.4. The van der Waals surface area contributed by atoms with Crippen LogP contribution in [0.4, 0.5) is 14.6 Å². The van der Waals surface area contributed by atoms with Crippen LogP contribution >= 0.6 is 23.5 Å². The predicted octanol–water partition coefficient (Wildman–Crippen LogP) is 4.35. The van der Waals surface area contributed by atoms with E-state index in [2.05, 4.69) is 27.2 Å². The highest BCUT2D eigenvalue weighted by Gasteiger charge is 2.37. The molecule has 44 heavy (non-hydrogen) atoms. The van der Waals surface area contributed by atoms with Gasteiger partial charge in [0.05, 0.1) is 26.9 Å². The number of amides is 1. The van der Waals surface area contributed by atoms with Crippen molar-refractivity contribution in [3.05, 3.63) is 105 Å². The molecule has 0 bridgehead atoms. The topological polar surface area (TPSA) is 137 Å². The monoisotopic (exact) mass is 642 g/mol. The van der Waals surface area contributed by atoms with Gasteiger partial charge in [0.2, 0.25) is 0 Å². The molecule has 9 nitrogen and oxygen atoms in total. The second-order valence-corrected chi connectivity index (χ2v) is 13.0. The Morgan fingerprint density at radius 2 is 1.89 bits per heavy atom. The highest BCUT2D eigenvalue weighted by molar-refractivity contribution is 8.24. The fraction of sp³-hybridized carbons (Fsp3) is 0.323. The average Bonchev–Trinajstić information content (AvgIpc) is 3.01. The SMILES string of the molecule is C=C(Nc1cc(C)ccn1)S/C(=C\N)Sc1ccnc(C(=O)NCC2(c3ccc(F)cc3)CCN(C[C@H](O)CO)CC2)c1F. The van der Waals surface area contributed by atoms with Crippen LogP contribution in [0.25, 0.3) is 0 Å². The summed E-state index contributed by atoms with van der Waals surface area (Å²) in [5.74, 6) is -1.21. The molecule has 1 fully saturated rings. The fourth-order valence-corrected chi connectivity index (χ4v) is 6.78. The van der Waals surface area contributed by atoms with Crippen molar-refractivity contribution in [2.45, 2.75) is 36.2 Å². The van der Waals surface area contributed by atoms with Crippen molar-refractivity contribution in [2.75, 3.05) is 38.1 Å². The van der Waals surface area contributed by atoms with Gasteiger partial charge in [-0.2, -0.15) is 0 Å². The molecule has 1 aromatic carbocycles. The van der Waals surface area contributed by atoms with Crippen LogP contribution in [-0.4, -0.2) is 69.9 Å². The third-order valence-corrected chi connectivity index (χ3v) is 9.42. The number of β-amino-alcohol motifs (C(OH)–C–C–N with tert-alkyl or cyclic N) is 1. The quantitative estimate of drug-likeness (QED) is 0.171.